The SMILES string of the molecule is CC[C@H](C)[C@@H]1NC(=O)[C@H](Cc2ccc(O)cc2)NC(=O)CCSSC[C@@H](C(=O)N2CCC[C@H]2C(=O)N[C@@H](CC(C)C)C(=O)NCC(N)=O)NC(=O)[C@H](CCC(=O)O)NC(=O)[C@H](CCC(N)=O)NC1=O. The number of hydrogen-bond acceptors (Lipinski definition) is 14. The van der Waals surface area contributed by atoms with E-state index >= 15 is 0 Å². The van der Waals surface area contributed by atoms with Crippen molar-refractivity contribution in [3.8, 4) is 5.75 Å². The molecule has 2 fully saturated rings. The number of carboxylic acid groups (broad SMARTS) is 1. The lowest BCUT2D eigenvalue weighted by Gasteiger charge is -2.31. The smallest absolute Gasteiger partial charge is 0.303 e. The Labute approximate surface area is 408 Å². The fourth-order valence-electron chi connectivity index (χ4n) is 7.45. The van der Waals surface area contributed by atoms with Crippen molar-refractivity contribution in [1.82, 2.24) is 42.1 Å². The van der Waals surface area contributed by atoms with Crippen molar-refractivity contribution in [2.24, 2.45) is 23.3 Å². The lowest BCUT2D eigenvalue weighted by atomic mass is 9.96. The van der Waals surface area contributed by atoms with Gasteiger partial charge in [0.15, 0.2) is 0 Å². The standard InChI is InChI=1S/C44H66N10O13S2/c1-5-24(4)37-43(66)50-27(12-14-33(45)56)39(62)49-28(13-15-36(59)60)40(63)52-31(22-69-68-18-16-35(58)48-30(41(64)53-37)20-25-8-10-26(55)11-9-25)44(67)54-17-6-7-32(54)42(65)51-29(19-23(2)3)38(61)47-21-34(46)57/h8-11,23-24,27-32,37,55H,5-7,12-22H2,1-4H3,(H2,45,56)(H2,46,57)(H,47,61)(H,48,58)(H,49,62)(H,50,66)(H,51,65)(H,52,63)(H,53,64)(H,59,60)/t24-,27-,28-,29-,30-,31-,32-,37-/m0/s1. The number of amides is 10. The van der Waals surface area contributed by atoms with Crippen LogP contribution < -0.4 is 48.7 Å². The minimum Gasteiger partial charge on any atom is -0.508 e. The van der Waals surface area contributed by atoms with E-state index in [9.17, 15) is 63.0 Å². The van der Waals surface area contributed by atoms with Crippen molar-refractivity contribution < 1.29 is 63.0 Å². The molecule has 0 spiro atoms. The first-order valence-corrected chi connectivity index (χ1v) is 25.3. The molecule has 0 aliphatic carbocycles. The highest BCUT2D eigenvalue weighted by molar-refractivity contribution is 8.76. The molecule has 1 aromatic rings. The Morgan fingerprint density at radius 3 is 2.04 bits per heavy atom. The van der Waals surface area contributed by atoms with E-state index in [-0.39, 0.29) is 61.8 Å². The van der Waals surface area contributed by atoms with Crippen molar-refractivity contribution in [3.63, 3.8) is 0 Å². The van der Waals surface area contributed by atoms with Crippen molar-refractivity contribution in [3.05, 3.63) is 29.8 Å². The molecule has 0 radical (unpaired) electrons. The average Bonchev–Trinajstić information content (AvgIpc) is 3.79. The number of benzene rings is 1. The molecule has 3 rings (SSSR count). The normalized spacial score (nSPS) is 23.2. The Balaban J connectivity index is 2.03. The monoisotopic (exact) mass is 1010 g/mol. The second kappa shape index (κ2) is 28.4. The van der Waals surface area contributed by atoms with Gasteiger partial charge in [0.25, 0.3) is 0 Å². The van der Waals surface area contributed by atoms with E-state index in [1.165, 1.54) is 17.0 Å². The molecule has 13 N–H and O–H groups in total. The number of carbonyl (C=O) groups is 11. The van der Waals surface area contributed by atoms with E-state index in [1.54, 1.807) is 26.0 Å². The summed E-state index contributed by atoms with van der Waals surface area (Å²) in [4.78, 5) is 147. The van der Waals surface area contributed by atoms with Crippen LogP contribution in [0.25, 0.3) is 0 Å². The van der Waals surface area contributed by atoms with E-state index in [1.807, 2.05) is 13.8 Å². The molecule has 0 saturated carbocycles. The number of aliphatic carboxylic acids is 1. The Kier molecular flexibility index (Phi) is 23.5. The third-order valence-electron chi connectivity index (χ3n) is 11.4. The van der Waals surface area contributed by atoms with Crippen LogP contribution in [0.4, 0.5) is 0 Å². The highest BCUT2D eigenvalue weighted by atomic mass is 33.1. The van der Waals surface area contributed by atoms with Crippen LogP contribution in [-0.2, 0) is 59.2 Å². The zero-order valence-corrected chi connectivity index (χ0v) is 40.8. The molecule has 382 valence electrons. The van der Waals surface area contributed by atoms with Crippen LogP contribution in [-0.4, -0.2) is 147 Å². The van der Waals surface area contributed by atoms with Gasteiger partial charge in [-0.25, -0.2) is 0 Å². The van der Waals surface area contributed by atoms with Gasteiger partial charge < -0.3 is 63.8 Å². The van der Waals surface area contributed by atoms with E-state index in [4.69, 9.17) is 11.5 Å². The Bertz CT molecular complexity index is 2030. The quantitative estimate of drug-likeness (QED) is 0.0742. The molecule has 2 aliphatic heterocycles. The number of phenolic OH excluding ortho intramolecular Hbond substituents is 1. The predicted molar refractivity (Wildman–Crippen MR) is 254 cm³/mol. The van der Waals surface area contributed by atoms with Crippen LogP contribution in [0.1, 0.15) is 91.0 Å². The number of carboxylic acids is 1. The molecule has 2 saturated heterocycles. The lowest BCUT2D eigenvalue weighted by molar-refractivity contribution is -0.142. The van der Waals surface area contributed by atoms with Gasteiger partial charge in [-0.15, -0.1) is 0 Å². The van der Waals surface area contributed by atoms with Gasteiger partial charge in [0.1, 0.15) is 48.0 Å². The van der Waals surface area contributed by atoms with Gasteiger partial charge >= 0.3 is 5.97 Å². The molecular formula is C44H66N10O13S2. The Morgan fingerprint density at radius 2 is 1.43 bits per heavy atom. The summed E-state index contributed by atoms with van der Waals surface area (Å²) < 4.78 is 0. The highest BCUT2D eigenvalue weighted by Gasteiger charge is 2.40. The molecule has 8 atom stereocenters. The third kappa shape index (κ3) is 19.4. The third-order valence-corrected chi connectivity index (χ3v) is 13.8. The number of aromatic hydroxyl groups is 1. The molecule has 0 bridgehead atoms. The summed E-state index contributed by atoms with van der Waals surface area (Å²) in [5.74, 6) is -9.84. The highest BCUT2D eigenvalue weighted by Crippen LogP contribution is 2.26. The van der Waals surface area contributed by atoms with Crippen molar-refractivity contribution >= 4 is 86.6 Å². The van der Waals surface area contributed by atoms with Crippen molar-refractivity contribution in [2.45, 2.75) is 134 Å². The number of primary amides is 2. The second-order valence-electron chi connectivity index (χ2n) is 17.4. The van der Waals surface area contributed by atoms with Gasteiger partial charge in [0.05, 0.1) is 6.54 Å². The van der Waals surface area contributed by atoms with Crippen LogP contribution in [0.2, 0.25) is 0 Å². The molecule has 69 heavy (non-hydrogen) atoms. The first kappa shape index (κ1) is 57.2. The molecule has 10 amide bonds. The predicted octanol–water partition coefficient (Wildman–Crippen LogP) is -1.56. The van der Waals surface area contributed by atoms with Crippen LogP contribution in [0.15, 0.2) is 24.3 Å². The molecule has 25 heteroatoms. The van der Waals surface area contributed by atoms with Crippen molar-refractivity contribution in [2.75, 3.05) is 24.6 Å². The molecule has 2 aliphatic rings. The summed E-state index contributed by atoms with van der Waals surface area (Å²) in [6.45, 7) is 6.67. The number of rotatable bonds is 18. The maximum absolute atomic E-state index is 14.5. The molecule has 0 aromatic heterocycles. The molecule has 23 nitrogen and oxygen atoms in total. The Morgan fingerprint density at radius 1 is 0.812 bits per heavy atom. The zero-order chi connectivity index (χ0) is 51.4. The van der Waals surface area contributed by atoms with E-state index < -0.39 is 139 Å². The van der Waals surface area contributed by atoms with Gasteiger partial charge in [0.2, 0.25) is 59.1 Å². The lowest BCUT2D eigenvalue weighted by Crippen LogP contribution is -2.61. The van der Waals surface area contributed by atoms with Crippen LogP contribution >= 0.6 is 21.6 Å². The number of carbonyl (C=O) groups excluding carboxylic acids is 10. The number of likely N-dealkylation sites (tertiary alicyclic amines) is 1. The average molecular weight is 1010 g/mol. The zero-order valence-electron chi connectivity index (χ0n) is 39.2. The van der Waals surface area contributed by atoms with E-state index in [2.05, 4.69) is 37.2 Å². The minimum atomic E-state index is -1.62. The maximum atomic E-state index is 14.5. The number of phenols is 1. The number of nitrogens with one attached hydrogen (secondary N) is 7. The molecule has 0 unspecified atom stereocenters. The van der Waals surface area contributed by atoms with Crippen molar-refractivity contribution in [1.29, 1.82) is 0 Å². The molecule has 2 heterocycles. The van der Waals surface area contributed by atoms with Gasteiger partial charge in [-0.3, -0.25) is 52.7 Å². The Hall–Kier alpha value is -6.11. The van der Waals surface area contributed by atoms with Crippen LogP contribution in [0, 0.1) is 11.8 Å². The van der Waals surface area contributed by atoms with Crippen LogP contribution in [0.3, 0.4) is 0 Å². The number of hydrogen-bond donors (Lipinski definition) is 11. The molecular weight excluding hydrogens is 941 g/mol. The summed E-state index contributed by atoms with van der Waals surface area (Å²) in [7, 11) is 2.24. The topological polar surface area (TPSA) is 368 Å². The first-order chi connectivity index (χ1) is 32.6. The van der Waals surface area contributed by atoms with Gasteiger partial charge in [-0.05, 0) is 61.6 Å². The number of nitrogens with zero attached hydrogens (tertiary/aromatic N) is 1. The largest absolute Gasteiger partial charge is 0.508 e. The summed E-state index contributed by atoms with van der Waals surface area (Å²) in [5.41, 5.74) is 11.2. The van der Waals surface area contributed by atoms with Gasteiger partial charge in [0, 0.05) is 43.7 Å². The van der Waals surface area contributed by atoms with E-state index in [0.717, 1.165) is 21.6 Å². The summed E-state index contributed by atoms with van der Waals surface area (Å²) in [6, 6.07) is -3.34. The minimum absolute atomic E-state index is 0.0280. The van der Waals surface area contributed by atoms with Gasteiger partial charge in [-0.1, -0.05) is 67.8 Å². The van der Waals surface area contributed by atoms with Crippen LogP contribution in [0.5, 0.6) is 5.75 Å². The molecule has 1 aromatic carbocycles. The number of nitrogens with two attached hydrogens (primary N) is 2. The summed E-state index contributed by atoms with van der Waals surface area (Å²) in [6.07, 6.45) is -0.992. The fraction of sp³-hybridized carbons (Fsp3) is 0.614. The fourth-order valence-corrected chi connectivity index (χ4v) is 9.60. The summed E-state index contributed by atoms with van der Waals surface area (Å²) >= 11 is 0. The second-order valence-corrected chi connectivity index (χ2v) is 20.0. The maximum Gasteiger partial charge on any atom is 0.303 e. The first-order valence-electron chi connectivity index (χ1n) is 22.8. The van der Waals surface area contributed by atoms with Gasteiger partial charge in [-0.2, -0.15) is 0 Å². The summed E-state index contributed by atoms with van der Waals surface area (Å²) in [5, 5.41) is 37.6. The van der Waals surface area contributed by atoms with E-state index in [0.29, 0.717) is 18.4 Å².